The lowest BCUT2D eigenvalue weighted by molar-refractivity contribution is -0.195. The van der Waals surface area contributed by atoms with E-state index in [0.29, 0.717) is 6.04 Å². The Morgan fingerprint density at radius 1 is 1.42 bits per heavy atom. The van der Waals surface area contributed by atoms with Crippen LogP contribution in [0.3, 0.4) is 0 Å². The molecule has 1 rings (SSSR count). The molecule has 72 valence electrons. The number of methoxy groups -OCH3 is 2. The van der Waals surface area contributed by atoms with Crippen LogP contribution in [-0.4, -0.2) is 44.0 Å². The van der Waals surface area contributed by atoms with E-state index in [4.69, 9.17) is 9.47 Å². The summed E-state index contributed by atoms with van der Waals surface area (Å²) in [7, 11) is 3.44. The van der Waals surface area contributed by atoms with Crippen molar-refractivity contribution in [2.75, 3.05) is 27.3 Å². The van der Waals surface area contributed by atoms with Crippen molar-refractivity contribution in [3.05, 3.63) is 0 Å². The van der Waals surface area contributed by atoms with Crippen molar-refractivity contribution >= 4 is 0 Å². The second kappa shape index (κ2) is 3.73. The van der Waals surface area contributed by atoms with E-state index in [1.54, 1.807) is 14.2 Å². The van der Waals surface area contributed by atoms with Gasteiger partial charge in [-0.15, -0.1) is 0 Å². The fraction of sp³-hybridized carbons (Fsp3) is 1.00. The first-order valence-electron chi connectivity index (χ1n) is 4.52. The van der Waals surface area contributed by atoms with Crippen molar-refractivity contribution in [2.45, 2.75) is 32.1 Å². The Bertz CT molecular complexity index is 145. The zero-order valence-electron chi connectivity index (χ0n) is 8.46. The Morgan fingerprint density at radius 2 is 2.00 bits per heavy atom. The largest absolute Gasteiger partial charge is 0.352 e. The van der Waals surface area contributed by atoms with Gasteiger partial charge in [-0.05, 0) is 13.5 Å². The summed E-state index contributed by atoms with van der Waals surface area (Å²) in [5.41, 5.74) is 0. The van der Waals surface area contributed by atoms with Gasteiger partial charge in [0.05, 0.1) is 6.54 Å². The lowest BCUT2D eigenvalue weighted by atomic mass is 10.2. The first kappa shape index (κ1) is 9.96. The Kier molecular flexibility index (Phi) is 3.09. The van der Waals surface area contributed by atoms with Crippen molar-refractivity contribution < 1.29 is 9.47 Å². The highest BCUT2D eigenvalue weighted by Gasteiger charge is 2.41. The topological polar surface area (TPSA) is 21.7 Å². The molecule has 0 saturated carbocycles. The number of nitrogens with zero attached hydrogens (tertiary/aromatic N) is 1. The third kappa shape index (κ3) is 1.63. The van der Waals surface area contributed by atoms with Crippen molar-refractivity contribution in [3.63, 3.8) is 0 Å². The third-order valence-corrected chi connectivity index (χ3v) is 2.82. The monoisotopic (exact) mass is 173 g/mol. The van der Waals surface area contributed by atoms with E-state index in [0.717, 1.165) is 19.5 Å². The average Bonchev–Trinajstić information content (AvgIpc) is 2.43. The van der Waals surface area contributed by atoms with Gasteiger partial charge in [0.25, 0.3) is 0 Å². The molecule has 0 aliphatic carbocycles. The summed E-state index contributed by atoms with van der Waals surface area (Å²) >= 11 is 0. The quantitative estimate of drug-likeness (QED) is 0.596. The normalized spacial score (nSPS) is 29.5. The fourth-order valence-electron chi connectivity index (χ4n) is 1.91. The van der Waals surface area contributed by atoms with Gasteiger partial charge in [-0.1, -0.05) is 6.92 Å². The molecule has 0 aromatic carbocycles. The average molecular weight is 173 g/mol. The van der Waals surface area contributed by atoms with Crippen LogP contribution >= 0.6 is 0 Å². The van der Waals surface area contributed by atoms with Crippen LogP contribution in [0.1, 0.15) is 20.3 Å². The fourth-order valence-corrected chi connectivity index (χ4v) is 1.91. The molecule has 0 spiro atoms. The highest BCUT2D eigenvalue weighted by molar-refractivity contribution is 4.88. The van der Waals surface area contributed by atoms with Gasteiger partial charge in [0.1, 0.15) is 0 Å². The van der Waals surface area contributed by atoms with E-state index in [9.17, 15) is 0 Å². The van der Waals surface area contributed by atoms with Crippen LogP contribution in [0.2, 0.25) is 0 Å². The number of likely N-dealkylation sites (N-methyl/N-ethyl adjacent to an activating group) is 1. The number of rotatable bonds is 3. The smallest absolute Gasteiger partial charge is 0.181 e. The van der Waals surface area contributed by atoms with Crippen LogP contribution in [0.5, 0.6) is 0 Å². The molecule has 0 bridgehead atoms. The van der Waals surface area contributed by atoms with E-state index in [1.165, 1.54) is 0 Å². The van der Waals surface area contributed by atoms with Crippen LogP contribution in [-0.2, 0) is 9.47 Å². The molecule has 1 heterocycles. The summed E-state index contributed by atoms with van der Waals surface area (Å²) in [6.07, 6.45) is 0.966. The molecule has 3 heteroatoms. The Hall–Kier alpha value is -0.120. The van der Waals surface area contributed by atoms with Gasteiger partial charge < -0.3 is 9.47 Å². The van der Waals surface area contributed by atoms with Crippen LogP contribution in [0.15, 0.2) is 0 Å². The maximum atomic E-state index is 5.39. The zero-order chi connectivity index (χ0) is 9.19. The predicted molar refractivity (Wildman–Crippen MR) is 48.1 cm³/mol. The molecule has 1 saturated heterocycles. The molecule has 1 aliphatic rings. The van der Waals surface area contributed by atoms with Crippen LogP contribution < -0.4 is 0 Å². The summed E-state index contributed by atoms with van der Waals surface area (Å²) in [6, 6.07) is 0.565. The van der Waals surface area contributed by atoms with Crippen LogP contribution in [0.4, 0.5) is 0 Å². The molecule has 3 nitrogen and oxygen atoms in total. The van der Waals surface area contributed by atoms with Gasteiger partial charge >= 0.3 is 0 Å². The minimum atomic E-state index is -0.352. The first-order valence-corrected chi connectivity index (χ1v) is 4.52. The van der Waals surface area contributed by atoms with E-state index in [1.807, 2.05) is 0 Å². The summed E-state index contributed by atoms with van der Waals surface area (Å²) in [5, 5.41) is 0. The highest BCUT2D eigenvalue weighted by Crippen LogP contribution is 2.29. The summed E-state index contributed by atoms with van der Waals surface area (Å²) in [4.78, 5) is 2.37. The molecule has 0 amide bonds. The van der Waals surface area contributed by atoms with Gasteiger partial charge in [0, 0.05) is 26.7 Å². The van der Waals surface area contributed by atoms with Gasteiger partial charge in [0.2, 0.25) is 0 Å². The minimum Gasteiger partial charge on any atom is -0.352 e. The molecule has 0 radical (unpaired) electrons. The maximum Gasteiger partial charge on any atom is 0.181 e. The maximum absolute atomic E-state index is 5.39. The number of likely N-dealkylation sites (tertiary alicyclic amines) is 1. The molecule has 1 fully saturated rings. The highest BCUT2D eigenvalue weighted by atomic mass is 16.7. The first-order chi connectivity index (χ1) is 5.67. The van der Waals surface area contributed by atoms with E-state index >= 15 is 0 Å². The van der Waals surface area contributed by atoms with Crippen LogP contribution in [0.25, 0.3) is 0 Å². The van der Waals surface area contributed by atoms with E-state index < -0.39 is 0 Å². The minimum absolute atomic E-state index is 0.352. The molecular formula is C9H19NO2. The summed E-state index contributed by atoms with van der Waals surface area (Å²) in [6.45, 7) is 6.33. The van der Waals surface area contributed by atoms with Crippen molar-refractivity contribution in [2.24, 2.45) is 0 Å². The molecular weight excluding hydrogens is 154 g/mol. The predicted octanol–water partition coefficient (Wildman–Crippen LogP) is 1.09. The molecule has 1 unspecified atom stereocenters. The summed E-state index contributed by atoms with van der Waals surface area (Å²) < 4.78 is 10.8. The van der Waals surface area contributed by atoms with Gasteiger partial charge in [0.15, 0.2) is 5.79 Å². The SMILES string of the molecule is CCN1CC(OC)(OC)CC1C. The zero-order valence-corrected chi connectivity index (χ0v) is 8.46. The molecule has 0 aromatic heterocycles. The molecule has 0 aromatic rings. The number of ether oxygens (including phenoxy) is 2. The lowest BCUT2D eigenvalue weighted by Crippen LogP contribution is -2.37. The summed E-state index contributed by atoms with van der Waals surface area (Å²) in [5.74, 6) is -0.352. The third-order valence-electron chi connectivity index (χ3n) is 2.82. The second-order valence-corrected chi connectivity index (χ2v) is 3.44. The Labute approximate surface area is 74.6 Å². The molecule has 12 heavy (non-hydrogen) atoms. The number of hydrogen-bond acceptors (Lipinski definition) is 3. The second-order valence-electron chi connectivity index (χ2n) is 3.44. The van der Waals surface area contributed by atoms with Gasteiger partial charge in [-0.3, -0.25) is 4.90 Å². The van der Waals surface area contributed by atoms with Crippen molar-refractivity contribution in [1.82, 2.24) is 4.90 Å². The molecule has 0 N–H and O–H groups in total. The lowest BCUT2D eigenvalue weighted by Gasteiger charge is -2.25. The van der Waals surface area contributed by atoms with Crippen molar-refractivity contribution in [3.8, 4) is 0 Å². The van der Waals surface area contributed by atoms with E-state index in [2.05, 4.69) is 18.7 Å². The Balaban J connectivity index is 2.61. The van der Waals surface area contributed by atoms with E-state index in [-0.39, 0.29) is 5.79 Å². The van der Waals surface area contributed by atoms with Gasteiger partial charge in [-0.2, -0.15) is 0 Å². The standard InChI is InChI=1S/C9H19NO2/c1-5-10-7-9(11-3,12-4)6-8(10)2/h8H,5-7H2,1-4H3. The Morgan fingerprint density at radius 3 is 2.25 bits per heavy atom. The molecule has 1 atom stereocenters. The van der Waals surface area contributed by atoms with Crippen LogP contribution in [0, 0.1) is 0 Å². The van der Waals surface area contributed by atoms with Crippen molar-refractivity contribution in [1.29, 1.82) is 0 Å². The van der Waals surface area contributed by atoms with Gasteiger partial charge in [-0.25, -0.2) is 0 Å². The molecule has 1 aliphatic heterocycles. The number of hydrogen-bond donors (Lipinski definition) is 0.